The third-order valence-electron chi connectivity index (χ3n) is 4.11. The Morgan fingerprint density at radius 2 is 1.58 bits per heavy atom. The molecule has 2 aromatic carbocycles. The Labute approximate surface area is 169 Å². The maximum Gasteiger partial charge on any atom is 4.00 e. The summed E-state index contributed by atoms with van der Waals surface area (Å²) in [5.41, 5.74) is 1.94. The molecular formula is C20H20N4OPt. The van der Waals surface area contributed by atoms with E-state index >= 15 is 0 Å². The summed E-state index contributed by atoms with van der Waals surface area (Å²) in [5, 5.41) is 0. The van der Waals surface area contributed by atoms with Gasteiger partial charge in [-0.3, -0.25) is 0 Å². The summed E-state index contributed by atoms with van der Waals surface area (Å²) in [4.78, 5) is 8.33. The van der Waals surface area contributed by atoms with Crippen LogP contribution in [0.4, 0.5) is 11.4 Å². The Morgan fingerprint density at radius 1 is 0.885 bits per heavy atom. The van der Waals surface area contributed by atoms with Crippen molar-refractivity contribution in [2.75, 3.05) is 37.0 Å². The van der Waals surface area contributed by atoms with E-state index in [2.05, 4.69) is 35.6 Å². The molecule has 0 unspecified atom stereocenters. The Hall–Kier alpha value is -1.97. The van der Waals surface area contributed by atoms with Crippen LogP contribution < -0.4 is 14.5 Å². The maximum atomic E-state index is 5.99. The number of nitrogens with zero attached hydrogens (tertiary/aromatic N) is 4. The molecule has 1 fully saturated rings. The van der Waals surface area contributed by atoms with Gasteiger partial charge in [-0.05, 0) is 39.6 Å². The summed E-state index contributed by atoms with van der Waals surface area (Å²) in [7, 11) is 4.06. The van der Waals surface area contributed by atoms with Gasteiger partial charge in [0.25, 0.3) is 0 Å². The predicted molar refractivity (Wildman–Crippen MR) is 98.6 cm³/mol. The van der Waals surface area contributed by atoms with Crippen molar-refractivity contribution in [3.63, 3.8) is 0 Å². The Kier molecular flexibility index (Phi) is 5.90. The molecule has 0 atom stereocenters. The van der Waals surface area contributed by atoms with Crippen LogP contribution >= 0.6 is 0 Å². The van der Waals surface area contributed by atoms with Crippen molar-refractivity contribution >= 4 is 11.4 Å². The minimum Gasteiger partial charge on any atom is -0.528 e. The van der Waals surface area contributed by atoms with Crippen molar-refractivity contribution in [1.82, 2.24) is 9.80 Å². The monoisotopic (exact) mass is 527 g/mol. The topological polar surface area (TPSA) is 22.2 Å². The molecule has 1 saturated heterocycles. The third-order valence-corrected chi connectivity index (χ3v) is 4.11. The SMILES string of the molecule is CN1C=CN(c2[c-]c(Oc3[c-]c(N4[CH-]N(C)CC4)ccc3)ccc2)[CH-]1.[Pt+4]. The van der Waals surface area contributed by atoms with Crippen molar-refractivity contribution in [3.05, 3.63) is 74.3 Å². The first-order chi connectivity index (χ1) is 12.2. The number of rotatable bonds is 4. The molecule has 2 heterocycles. The Morgan fingerprint density at radius 3 is 2.19 bits per heavy atom. The second kappa shape index (κ2) is 8.15. The van der Waals surface area contributed by atoms with Crippen molar-refractivity contribution in [2.45, 2.75) is 0 Å². The van der Waals surface area contributed by atoms with Gasteiger partial charge in [0.2, 0.25) is 0 Å². The van der Waals surface area contributed by atoms with Gasteiger partial charge in [-0.2, -0.15) is 31.5 Å². The van der Waals surface area contributed by atoms with Crippen molar-refractivity contribution < 1.29 is 25.8 Å². The largest absolute Gasteiger partial charge is 4.00 e. The van der Waals surface area contributed by atoms with Gasteiger partial charge in [-0.25, -0.2) is 0 Å². The first-order valence-corrected chi connectivity index (χ1v) is 8.25. The zero-order chi connectivity index (χ0) is 17.2. The predicted octanol–water partition coefficient (Wildman–Crippen LogP) is 3.29. The smallest absolute Gasteiger partial charge is 0.528 e. The summed E-state index contributed by atoms with van der Waals surface area (Å²) in [6, 6.07) is 18.5. The number of likely N-dealkylation sites (N-methyl/N-ethyl adjacent to an activating group) is 1. The van der Waals surface area contributed by atoms with Crippen LogP contribution in [-0.4, -0.2) is 37.0 Å². The summed E-state index contributed by atoms with van der Waals surface area (Å²) < 4.78 is 5.99. The van der Waals surface area contributed by atoms with E-state index in [1.165, 1.54) is 0 Å². The number of hydrogen-bond donors (Lipinski definition) is 0. The molecule has 0 radical (unpaired) electrons. The molecule has 2 aromatic rings. The van der Waals surface area contributed by atoms with E-state index in [1.54, 1.807) is 0 Å². The van der Waals surface area contributed by atoms with Gasteiger partial charge in [0.1, 0.15) is 0 Å². The van der Waals surface area contributed by atoms with Crippen LogP contribution in [0.2, 0.25) is 0 Å². The van der Waals surface area contributed by atoms with E-state index in [9.17, 15) is 0 Å². The third kappa shape index (κ3) is 4.22. The summed E-state index contributed by atoms with van der Waals surface area (Å²) >= 11 is 0. The minimum atomic E-state index is 0. The molecule has 5 nitrogen and oxygen atoms in total. The van der Waals surface area contributed by atoms with Crippen LogP contribution in [0, 0.1) is 25.5 Å². The fraction of sp³-hybridized carbons (Fsp3) is 0.200. The van der Waals surface area contributed by atoms with E-state index in [4.69, 9.17) is 4.74 Å². The van der Waals surface area contributed by atoms with Crippen LogP contribution in [0.25, 0.3) is 0 Å². The number of ether oxygens (including phenoxy) is 1. The quantitative estimate of drug-likeness (QED) is 0.568. The summed E-state index contributed by atoms with van der Waals surface area (Å²) in [6.45, 7) is 6.06. The zero-order valence-corrected chi connectivity index (χ0v) is 17.0. The van der Waals surface area contributed by atoms with Crippen molar-refractivity contribution in [1.29, 1.82) is 0 Å². The first-order valence-electron chi connectivity index (χ1n) is 8.25. The Bertz CT molecular complexity index is 782. The number of anilines is 2. The van der Waals surface area contributed by atoms with Crippen LogP contribution in [-0.2, 0) is 21.1 Å². The molecule has 0 N–H and O–H groups in total. The number of benzene rings is 2. The molecule has 0 aromatic heterocycles. The van der Waals surface area contributed by atoms with Crippen LogP contribution in [0.5, 0.6) is 11.5 Å². The molecule has 2 aliphatic heterocycles. The molecule has 4 rings (SSSR count). The molecule has 136 valence electrons. The van der Waals surface area contributed by atoms with Gasteiger partial charge in [-0.15, -0.1) is 41.7 Å². The molecular weight excluding hydrogens is 507 g/mol. The number of hydrogen-bond acceptors (Lipinski definition) is 5. The average Bonchev–Trinajstić information content (AvgIpc) is 3.24. The van der Waals surface area contributed by atoms with Crippen LogP contribution in [0.3, 0.4) is 0 Å². The average molecular weight is 527 g/mol. The first kappa shape index (κ1) is 18.8. The molecule has 6 heteroatoms. The van der Waals surface area contributed by atoms with Gasteiger partial charge in [0.05, 0.1) is 0 Å². The Balaban J connectivity index is 0.00000196. The van der Waals surface area contributed by atoms with E-state index in [0.717, 1.165) is 24.5 Å². The van der Waals surface area contributed by atoms with Crippen LogP contribution in [0.15, 0.2) is 48.8 Å². The standard InChI is InChI=1S/C20H20N4O.Pt/c1-21-9-11-23(15-21)17-5-3-7-19(13-17)25-20-8-4-6-18(14-20)24-12-10-22(2)16-24;/h3-9,11,15-16H,10,12H2,1-2H3;/q-4;+4. The fourth-order valence-electron chi connectivity index (χ4n) is 2.82. The molecule has 0 bridgehead atoms. The van der Waals surface area contributed by atoms with Gasteiger partial charge in [0, 0.05) is 11.5 Å². The van der Waals surface area contributed by atoms with E-state index in [1.807, 2.05) is 72.3 Å². The van der Waals surface area contributed by atoms with Crippen molar-refractivity contribution in [2.24, 2.45) is 0 Å². The molecule has 0 amide bonds. The van der Waals surface area contributed by atoms with Crippen molar-refractivity contribution in [3.8, 4) is 11.5 Å². The van der Waals surface area contributed by atoms with Gasteiger partial charge in [0.15, 0.2) is 0 Å². The van der Waals surface area contributed by atoms with E-state index in [0.29, 0.717) is 11.5 Å². The van der Waals surface area contributed by atoms with E-state index in [-0.39, 0.29) is 21.1 Å². The van der Waals surface area contributed by atoms with Gasteiger partial charge < -0.3 is 24.3 Å². The molecule has 26 heavy (non-hydrogen) atoms. The molecule has 0 saturated carbocycles. The normalized spacial score (nSPS) is 16.9. The summed E-state index contributed by atoms with van der Waals surface area (Å²) in [5.74, 6) is 1.36. The molecule has 0 spiro atoms. The van der Waals surface area contributed by atoms with Gasteiger partial charge in [-0.1, -0.05) is 0 Å². The molecule has 0 aliphatic carbocycles. The minimum absolute atomic E-state index is 0. The van der Waals surface area contributed by atoms with E-state index < -0.39 is 0 Å². The summed E-state index contributed by atoms with van der Waals surface area (Å²) in [6.07, 6.45) is 3.98. The zero-order valence-electron chi connectivity index (χ0n) is 14.7. The second-order valence-corrected chi connectivity index (χ2v) is 6.18. The maximum absolute atomic E-state index is 5.99. The second-order valence-electron chi connectivity index (χ2n) is 6.18. The fourth-order valence-corrected chi connectivity index (χ4v) is 2.82. The van der Waals surface area contributed by atoms with Gasteiger partial charge >= 0.3 is 21.1 Å². The van der Waals surface area contributed by atoms with Crippen LogP contribution in [0.1, 0.15) is 0 Å². The molecule has 2 aliphatic rings.